The molecule has 1 rings (SSSR count). The number of rotatable bonds is 2. The van der Waals surface area contributed by atoms with Crippen LogP contribution in [0.25, 0.3) is 0 Å². The lowest BCUT2D eigenvalue weighted by Gasteiger charge is -2.15. The van der Waals surface area contributed by atoms with E-state index >= 15 is 0 Å². The molecule has 1 aliphatic heterocycles. The highest BCUT2D eigenvalue weighted by Crippen LogP contribution is 2.17. The molecule has 1 saturated heterocycles. The molecular weight excluding hydrogens is 124 g/mol. The maximum Gasteiger partial charge on any atom is 0.00514 e. The van der Waals surface area contributed by atoms with Crippen molar-refractivity contribution in [2.75, 3.05) is 19.6 Å². The molecule has 0 spiro atoms. The van der Waals surface area contributed by atoms with E-state index in [9.17, 15) is 0 Å². The normalized spacial score (nSPS) is 30.9. The van der Waals surface area contributed by atoms with E-state index in [1.807, 2.05) is 0 Å². The van der Waals surface area contributed by atoms with Gasteiger partial charge in [0.25, 0.3) is 0 Å². The summed E-state index contributed by atoms with van der Waals surface area (Å²) in [5, 5.41) is 0. The molecule has 2 nitrogen and oxygen atoms in total. The largest absolute Gasteiger partial charge is 0.328 e. The number of hydrogen-bond acceptors (Lipinski definition) is 2. The van der Waals surface area contributed by atoms with Crippen molar-refractivity contribution in [3.05, 3.63) is 0 Å². The van der Waals surface area contributed by atoms with Crippen LogP contribution in [0, 0.1) is 5.92 Å². The minimum absolute atomic E-state index is 0.386. The van der Waals surface area contributed by atoms with Crippen LogP contribution in [0.1, 0.15) is 20.3 Å². The predicted octanol–water partition coefficient (Wildman–Crippen LogP) is 0.675. The van der Waals surface area contributed by atoms with Crippen molar-refractivity contribution >= 4 is 0 Å². The SMILES string of the molecule is CCN1CCC(C(C)N)C1. The quantitative estimate of drug-likeness (QED) is 0.614. The molecule has 2 atom stereocenters. The van der Waals surface area contributed by atoms with Gasteiger partial charge in [0.15, 0.2) is 0 Å². The van der Waals surface area contributed by atoms with Gasteiger partial charge in [-0.25, -0.2) is 0 Å². The Kier molecular flexibility index (Phi) is 2.69. The topological polar surface area (TPSA) is 29.3 Å². The fraction of sp³-hybridized carbons (Fsp3) is 1.00. The first-order valence-corrected chi connectivity index (χ1v) is 4.22. The van der Waals surface area contributed by atoms with Crippen molar-refractivity contribution in [3.8, 4) is 0 Å². The van der Waals surface area contributed by atoms with Gasteiger partial charge in [-0.3, -0.25) is 0 Å². The lowest BCUT2D eigenvalue weighted by molar-refractivity contribution is 0.332. The average Bonchev–Trinajstić information content (AvgIpc) is 2.34. The Morgan fingerprint density at radius 3 is 2.70 bits per heavy atom. The van der Waals surface area contributed by atoms with E-state index in [-0.39, 0.29) is 0 Å². The number of nitrogens with two attached hydrogens (primary N) is 1. The molecule has 0 saturated carbocycles. The second kappa shape index (κ2) is 3.35. The molecule has 0 radical (unpaired) electrons. The molecule has 0 aromatic carbocycles. The van der Waals surface area contributed by atoms with Crippen molar-refractivity contribution in [2.45, 2.75) is 26.3 Å². The molecular formula is C8H18N2. The summed E-state index contributed by atoms with van der Waals surface area (Å²) in [7, 11) is 0. The van der Waals surface area contributed by atoms with E-state index in [0.717, 1.165) is 5.92 Å². The van der Waals surface area contributed by atoms with E-state index in [1.165, 1.54) is 26.1 Å². The first-order valence-electron chi connectivity index (χ1n) is 4.22. The molecule has 2 N–H and O–H groups in total. The van der Waals surface area contributed by atoms with Crippen LogP contribution in [0.15, 0.2) is 0 Å². The van der Waals surface area contributed by atoms with Crippen molar-refractivity contribution < 1.29 is 0 Å². The molecule has 60 valence electrons. The van der Waals surface area contributed by atoms with Crippen LogP contribution in [0.3, 0.4) is 0 Å². The van der Waals surface area contributed by atoms with E-state index < -0.39 is 0 Å². The Labute approximate surface area is 63.4 Å². The van der Waals surface area contributed by atoms with E-state index in [0.29, 0.717) is 6.04 Å². The predicted molar refractivity (Wildman–Crippen MR) is 43.9 cm³/mol. The minimum Gasteiger partial charge on any atom is -0.328 e. The van der Waals surface area contributed by atoms with Crippen molar-refractivity contribution in [3.63, 3.8) is 0 Å². The Morgan fingerprint density at radius 2 is 2.40 bits per heavy atom. The highest BCUT2D eigenvalue weighted by molar-refractivity contribution is 4.79. The number of hydrogen-bond donors (Lipinski definition) is 1. The summed E-state index contributed by atoms with van der Waals surface area (Å²) in [4.78, 5) is 2.47. The van der Waals surface area contributed by atoms with Gasteiger partial charge in [0, 0.05) is 12.6 Å². The second-order valence-electron chi connectivity index (χ2n) is 3.30. The Hall–Kier alpha value is -0.0800. The zero-order valence-electron chi connectivity index (χ0n) is 7.01. The summed E-state index contributed by atoms with van der Waals surface area (Å²) in [5.74, 6) is 0.750. The zero-order chi connectivity index (χ0) is 7.56. The van der Waals surface area contributed by atoms with Crippen LogP contribution in [0.2, 0.25) is 0 Å². The molecule has 0 aromatic heterocycles. The molecule has 1 heterocycles. The molecule has 0 aromatic rings. The van der Waals surface area contributed by atoms with E-state index in [1.54, 1.807) is 0 Å². The third-order valence-corrected chi connectivity index (χ3v) is 2.50. The van der Waals surface area contributed by atoms with Gasteiger partial charge in [-0.2, -0.15) is 0 Å². The summed E-state index contributed by atoms with van der Waals surface area (Å²) >= 11 is 0. The summed E-state index contributed by atoms with van der Waals surface area (Å²) in [6, 6.07) is 0.386. The smallest absolute Gasteiger partial charge is 0.00514 e. The Bertz CT molecular complexity index is 101. The second-order valence-corrected chi connectivity index (χ2v) is 3.30. The number of likely N-dealkylation sites (tertiary alicyclic amines) is 1. The molecule has 2 heteroatoms. The molecule has 0 bridgehead atoms. The zero-order valence-corrected chi connectivity index (χ0v) is 7.01. The first-order chi connectivity index (χ1) is 4.74. The lowest BCUT2D eigenvalue weighted by atomic mass is 10.0. The Balaban J connectivity index is 2.28. The fourth-order valence-electron chi connectivity index (χ4n) is 1.58. The van der Waals surface area contributed by atoms with Gasteiger partial charge in [-0.15, -0.1) is 0 Å². The van der Waals surface area contributed by atoms with Crippen molar-refractivity contribution in [1.82, 2.24) is 4.90 Å². The fourth-order valence-corrected chi connectivity index (χ4v) is 1.58. The van der Waals surface area contributed by atoms with Crippen molar-refractivity contribution in [2.24, 2.45) is 11.7 Å². The van der Waals surface area contributed by atoms with Crippen LogP contribution < -0.4 is 5.73 Å². The van der Waals surface area contributed by atoms with Gasteiger partial charge < -0.3 is 10.6 Å². The van der Waals surface area contributed by atoms with Crippen LogP contribution in [-0.2, 0) is 0 Å². The molecule has 0 aliphatic carbocycles. The summed E-state index contributed by atoms with van der Waals surface area (Å²) in [5.41, 5.74) is 5.79. The molecule has 1 fully saturated rings. The van der Waals surface area contributed by atoms with E-state index in [2.05, 4.69) is 18.7 Å². The van der Waals surface area contributed by atoms with Gasteiger partial charge in [0.2, 0.25) is 0 Å². The van der Waals surface area contributed by atoms with Crippen LogP contribution in [0.4, 0.5) is 0 Å². The standard InChI is InChI=1S/C8H18N2/c1-3-10-5-4-8(6-10)7(2)9/h7-8H,3-6,9H2,1-2H3. The molecule has 0 amide bonds. The van der Waals surface area contributed by atoms with Crippen LogP contribution >= 0.6 is 0 Å². The molecule has 2 unspecified atom stereocenters. The number of nitrogens with zero attached hydrogens (tertiary/aromatic N) is 1. The van der Waals surface area contributed by atoms with Crippen LogP contribution in [-0.4, -0.2) is 30.6 Å². The monoisotopic (exact) mass is 142 g/mol. The lowest BCUT2D eigenvalue weighted by Crippen LogP contribution is -2.29. The summed E-state index contributed by atoms with van der Waals surface area (Å²) in [6.45, 7) is 7.98. The van der Waals surface area contributed by atoms with Gasteiger partial charge in [0.05, 0.1) is 0 Å². The van der Waals surface area contributed by atoms with Gasteiger partial charge in [-0.1, -0.05) is 6.92 Å². The van der Waals surface area contributed by atoms with Gasteiger partial charge in [0.1, 0.15) is 0 Å². The average molecular weight is 142 g/mol. The highest BCUT2D eigenvalue weighted by Gasteiger charge is 2.23. The molecule has 1 aliphatic rings. The summed E-state index contributed by atoms with van der Waals surface area (Å²) < 4.78 is 0. The third-order valence-electron chi connectivity index (χ3n) is 2.50. The molecule has 10 heavy (non-hydrogen) atoms. The van der Waals surface area contributed by atoms with Gasteiger partial charge in [-0.05, 0) is 32.4 Å². The van der Waals surface area contributed by atoms with Crippen molar-refractivity contribution in [1.29, 1.82) is 0 Å². The van der Waals surface area contributed by atoms with E-state index in [4.69, 9.17) is 5.73 Å². The summed E-state index contributed by atoms with van der Waals surface area (Å²) in [6.07, 6.45) is 1.30. The maximum atomic E-state index is 5.79. The van der Waals surface area contributed by atoms with Crippen LogP contribution in [0.5, 0.6) is 0 Å². The minimum atomic E-state index is 0.386. The highest BCUT2D eigenvalue weighted by atomic mass is 15.1. The first kappa shape index (κ1) is 8.02. The Morgan fingerprint density at radius 1 is 1.70 bits per heavy atom. The van der Waals surface area contributed by atoms with Gasteiger partial charge >= 0.3 is 0 Å². The third kappa shape index (κ3) is 1.70. The maximum absolute atomic E-state index is 5.79.